The molecule has 0 rings (SSSR count). The largest absolute Gasteiger partial charge is 0.462 e. The monoisotopic (exact) mass is 1080 g/mol. The molecule has 454 valence electrons. The Morgan fingerprint density at radius 1 is 0.247 bits per heavy atom. The lowest BCUT2D eigenvalue weighted by Gasteiger charge is -2.18. The fourth-order valence-electron chi connectivity index (χ4n) is 10.7. The Hall–Kier alpha value is -2.11. The highest BCUT2D eigenvalue weighted by atomic mass is 16.6. The molecule has 0 aliphatic heterocycles. The second kappa shape index (κ2) is 66.4. The van der Waals surface area contributed by atoms with Crippen LogP contribution in [-0.2, 0) is 28.6 Å². The maximum Gasteiger partial charge on any atom is 0.306 e. The molecule has 1 atom stereocenters. The van der Waals surface area contributed by atoms with Crippen molar-refractivity contribution in [2.75, 3.05) is 13.2 Å². The summed E-state index contributed by atoms with van der Waals surface area (Å²) < 4.78 is 17.0. The molecule has 77 heavy (non-hydrogen) atoms. The minimum Gasteiger partial charge on any atom is -0.462 e. The summed E-state index contributed by atoms with van der Waals surface area (Å²) in [5.74, 6) is -0.857. The highest BCUT2D eigenvalue weighted by Crippen LogP contribution is 2.19. The number of unbranched alkanes of at least 4 members (excludes halogenated alkanes) is 50. The average Bonchev–Trinajstić information content (AvgIpc) is 3.43. The van der Waals surface area contributed by atoms with Crippen molar-refractivity contribution in [1.82, 2.24) is 0 Å². The van der Waals surface area contributed by atoms with E-state index in [0.717, 1.165) is 64.2 Å². The van der Waals surface area contributed by atoms with E-state index in [2.05, 4.69) is 45.1 Å². The fraction of sp³-hybridized carbons (Fsp3) is 0.901. The molecular weight excluding hydrogens is 949 g/mol. The molecule has 0 aromatic carbocycles. The molecule has 0 radical (unpaired) electrons. The van der Waals surface area contributed by atoms with Crippen LogP contribution in [0.5, 0.6) is 0 Å². The Morgan fingerprint density at radius 3 is 0.662 bits per heavy atom. The van der Waals surface area contributed by atoms with E-state index in [9.17, 15) is 14.4 Å². The van der Waals surface area contributed by atoms with Crippen molar-refractivity contribution in [3.8, 4) is 0 Å². The van der Waals surface area contributed by atoms with Crippen LogP contribution in [0.1, 0.15) is 393 Å². The number of allylic oxidation sites excluding steroid dienone is 4. The number of carbonyl (C=O) groups excluding carboxylic acids is 3. The summed E-state index contributed by atoms with van der Waals surface area (Å²) in [6.45, 7) is 6.68. The van der Waals surface area contributed by atoms with Crippen LogP contribution in [0.4, 0.5) is 0 Å². The highest BCUT2D eigenvalue weighted by Gasteiger charge is 2.19. The van der Waals surface area contributed by atoms with Crippen molar-refractivity contribution in [2.45, 2.75) is 399 Å². The molecule has 0 fully saturated rings. The van der Waals surface area contributed by atoms with E-state index >= 15 is 0 Å². The van der Waals surface area contributed by atoms with Crippen LogP contribution < -0.4 is 0 Å². The Morgan fingerprint density at radius 2 is 0.429 bits per heavy atom. The lowest BCUT2D eigenvalue weighted by atomic mass is 10.0. The molecule has 0 spiro atoms. The zero-order chi connectivity index (χ0) is 55.7. The van der Waals surface area contributed by atoms with Gasteiger partial charge in [0.25, 0.3) is 0 Å². The first-order valence-corrected chi connectivity index (χ1v) is 34.8. The van der Waals surface area contributed by atoms with Crippen molar-refractivity contribution < 1.29 is 28.6 Å². The Balaban J connectivity index is 4.15. The second-order valence-electron chi connectivity index (χ2n) is 23.8. The fourth-order valence-corrected chi connectivity index (χ4v) is 10.7. The summed E-state index contributed by atoms with van der Waals surface area (Å²) in [7, 11) is 0. The van der Waals surface area contributed by atoms with E-state index in [4.69, 9.17) is 14.2 Å². The van der Waals surface area contributed by atoms with Crippen LogP contribution in [0.15, 0.2) is 24.3 Å². The summed E-state index contributed by atoms with van der Waals surface area (Å²) in [5, 5.41) is 0. The van der Waals surface area contributed by atoms with E-state index in [0.29, 0.717) is 19.3 Å². The van der Waals surface area contributed by atoms with Crippen LogP contribution in [0.25, 0.3) is 0 Å². The minimum absolute atomic E-state index is 0.0706. The molecule has 0 aliphatic rings. The van der Waals surface area contributed by atoms with Crippen molar-refractivity contribution >= 4 is 17.9 Å². The van der Waals surface area contributed by atoms with Crippen LogP contribution in [0, 0.1) is 0 Å². The molecule has 0 aromatic heterocycles. The second-order valence-corrected chi connectivity index (χ2v) is 23.8. The molecule has 6 heteroatoms. The number of esters is 3. The molecular formula is C71H134O6. The van der Waals surface area contributed by atoms with Crippen molar-refractivity contribution in [3.05, 3.63) is 24.3 Å². The van der Waals surface area contributed by atoms with E-state index < -0.39 is 6.10 Å². The van der Waals surface area contributed by atoms with Gasteiger partial charge in [0, 0.05) is 19.3 Å². The van der Waals surface area contributed by atoms with Crippen molar-refractivity contribution in [3.63, 3.8) is 0 Å². The maximum absolute atomic E-state index is 12.9. The van der Waals surface area contributed by atoms with Gasteiger partial charge in [-0.3, -0.25) is 14.4 Å². The summed E-state index contributed by atoms with van der Waals surface area (Å²) in [4.78, 5) is 38.3. The van der Waals surface area contributed by atoms with Gasteiger partial charge in [0.05, 0.1) is 0 Å². The smallest absolute Gasteiger partial charge is 0.306 e. The molecule has 1 unspecified atom stereocenters. The molecule has 0 bridgehead atoms. The first-order chi connectivity index (χ1) is 38.0. The van der Waals surface area contributed by atoms with Crippen LogP contribution >= 0.6 is 0 Å². The zero-order valence-corrected chi connectivity index (χ0v) is 52.3. The van der Waals surface area contributed by atoms with Gasteiger partial charge < -0.3 is 14.2 Å². The predicted octanol–water partition coefficient (Wildman–Crippen LogP) is 23.8. The lowest BCUT2D eigenvalue weighted by molar-refractivity contribution is -0.167. The van der Waals surface area contributed by atoms with Gasteiger partial charge in [0.2, 0.25) is 0 Å². The molecule has 0 amide bonds. The lowest BCUT2D eigenvalue weighted by Crippen LogP contribution is -2.30. The van der Waals surface area contributed by atoms with Gasteiger partial charge in [-0.05, 0) is 70.6 Å². The summed E-state index contributed by atoms with van der Waals surface area (Å²) in [5.41, 5.74) is 0. The third kappa shape index (κ3) is 64.6. The van der Waals surface area contributed by atoms with Crippen LogP contribution in [0.2, 0.25) is 0 Å². The molecule has 0 N–H and O–H groups in total. The van der Waals surface area contributed by atoms with Gasteiger partial charge in [-0.15, -0.1) is 0 Å². The Labute approximate surface area is 481 Å². The zero-order valence-electron chi connectivity index (χ0n) is 52.3. The SMILES string of the molecule is CCCCCC/C=C\CCCCCCCC(=O)OCC(COC(=O)CCCCCCCCCCCCCCCCCCCCCCCCCCCCCCC)OC(=O)CCCCCCCCC/C=C\CCCCCCCC. The van der Waals surface area contributed by atoms with Gasteiger partial charge in [0.15, 0.2) is 6.10 Å². The van der Waals surface area contributed by atoms with Gasteiger partial charge in [-0.1, -0.05) is 328 Å². The Bertz CT molecular complexity index is 1240. The Kier molecular flexibility index (Phi) is 64.6. The van der Waals surface area contributed by atoms with Crippen molar-refractivity contribution in [2.24, 2.45) is 0 Å². The molecule has 0 saturated carbocycles. The third-order valence-electron chi connectivity index (χ3n) is 15.9. The highest BCUT2D eigenvalue weighted by molar-refractivity contribution is 5.71. The van der Waals surface area contributed by atoms with Gasteiger partial charge in [-0.25, -0.2) is 0 Å². The van der Waals surface area contributed by atoms with Gasteiger partial charge in [0.1, 0.15) is 13.2 Å². The van der Waals surface area contributed by atoms with E-state index in [1.165, 1.54) is 289 Å². The van der Waals surface area contributed by atoms with Gasteiger partial charge in [-0.2, -0.15) is 0 Å². The van der Waals surface area contributed by atoms with E-state index in [1.807, 2.05) is 0 Å². The third-order valence-corrected chi connectivity index (χ3v) is 15.9. The first-order valence-electron chi connectivity index (χ1n) is 34.8. The molecule has 0 heterocycles. The van der Waals surface area contributed by atoms with Crippen LogP contribution in [0.3, 0.4) is 0 Å². The number of hydrogen-bond acceptors (Lipinski definition) is 6. The number of ether oxygens (including phenoxy) is 3. The molecule has 0 saturated heterocycles. The quantitative estimate of drug-likeness (QED) is 0.0261. The average molecular weight is 1080 g/mol. The van der Waals surface area contributed by atoms with Crippen LogP contribution in [-0.4, -0.2) is 37.2 Å². The van der Waals surface area contributed by atoms with E-state index in [-0.39, 0.29) is 31.1 Å². The number of rotatable bonds is 65. The maximum atomic E-state index is 12.9. The number of hydrogen-bond donors (Lipinski definition) is 0. The minimum atomic E-state index is -0.775. The first kappa shape index (κ1) is 74.9. The molecule has 0 aliphatic carbocycles. The summed E-state index contributed by atoms with van der Waals surface area (Å²) in [6, 6.07) is 0. The molecule has 0 aromatic rings. The standard InChI is InChI=1S/C71H134O6/c1-4-7-10-13-16-19-22-25-27-29-30-31-32-33-34-35-36-37-38-39-40-42-43-46-49-52-55-58-61-64-70(73)76-67-68(66-75-69(72)63-60-57-54-51-48-45-24-21-18-15-12-9-6-3)77-71(74)65-62-59-56-53-50-47-44-41-28-26-23-20-17-14-11-8-5-2/h21,24,26,28,68H,4-20,22-23,25,27,29-67H2,1-3H3/b24-21-,28-26-. The summed E-state index contributed by atoms with van der Waals surface area (Å²) >= 11 is 0. The molecule has 6 nitrogen and oxygen atoms in total. The van der Waals surface area contributed by atoms with Crippen molar-refractivity contribution in [1.29, 1.82) is 0 Å². The van der Waals surface area contributed by atoms with E-state index in [1.54, 1.807) is 0 Å². The number of carbonyl (C=O) groups is 3. The predicted molar refractivity (Wildman–Crippen MR) is 335 cm³/mol. The summed E-state index contributed by atoms with van der Waals surface area (Å²) in [6.07, 6.45) is 80.7. The van der Waals surface area contributed by atoms with Gasteiger partial charge >= 0.3 is 17.9 Å². The topological polar surface area (TPSA) is 78.9 Å². The normalized spacial score (nSPS) is 12.1.